The fourth-order valence-corrected chi connectivity index (χ4v) is 2.75. The molecule has 1 unspecified atom stereocenters. The molecule has 1 rings (SSSR count). The fourth-order valence-electron chi connectivity index (χ4n) is 2.75. The maximum absolute atomic E-state index is 9.00. The highest BCUT2D eigenvalue weighted by Gasteiger charge is 2.20. The lowest BCUT2D eigenvalue weighted by molar-refractivity contribution is 0.121. The van der Waals surface area contributed by atoms with Crippen molar-refractivity contribution in [1.29, 1.82) is 0 Å². The van der Waals surface area contributed by atoms with E-state index in [4.69, 9.17) is 5.11 Å². The standard InChI is InChI=1S/C15H30N2O/c1-14(2)6-4-8-16(3)12-15-7-5-9-17(13-15)10-11-18/h6,15,18H,4-5,7-13H2,1-3H3. The van der Waals surface area contributed by atoms with Crippen LogP contribution in [0.2, 0.25) is 0 Å². The Balaban J connectivity index is 2.22. The molecule has 0 spiro atoms. The third-order valence-corrected chi connectivity index (χ3v) is 3.65. The number of aliphatic hydroxyl groups is 1. The molecule has 0 amide bonds. The zero-order chi connectivity index (χ0) is 13.4. The van der Waals surface area contributed by atoms with Crippen molar-refractivity contribution >= 4 is 0 Å². The summed E-state index contributed by atoms with van der Waals surface area (Å²) in [7, 11) is 2.23. The van der Waals surface area contributed by atoms with E-state index in [0.717, 1.165) is 32.0 Å². The van der Waals surface area contributed by atoms with Crippen molar-refractivity contribution in [2.24, 2.45) is 5.92 Å². The van der Waals surface area contributed by atoms with Gasteiger partial charge in [0.15, 0.2) is 0 Å². The lowest BCUT2D eigenvalue weighted by Crippen LogP contribution is -2.41. The van der Waals surface area contributed by atoms with Gasteiger partial charge in [0.25, 0.3) is 0 Å². The zero-order valence-corrected chi connectivity index (χ0v) is 12.4. The summed E-state index contributed by atoms with van der Waals surface area (Å²) in [5.41, 5.74) is 1.41. The average Bonchev–Trinajstić information content (AvgIpc) is 2.29. The summed E-state index contributed by atoms with van der Waals surface area (Å²) in [4.78, 5) is 4.85. The Morgan fingerprint density at radius 2 is 2.22 bits per heavy atom. The van der Waals surface area contributed by atoms with Gasteiger partial charge >= 0.3 is 0 Å². The van der Waals surface area contributed by atoms with Crippen LogP contribution >= 0.6 is 0 Å². The van der Waals surface area contributed by atoms with Gasteiger partial charge in [-0.15, -0.1) is 0 Å². The highest BCUT2D eigenvalue weighted by molar-refractivity contribution is 4.93. The number of likely N-dealkylation sites (tertiary alicyclic amines) is 1. The highest BCUT2D eigenvalue weighted by atomic mass is 16.3. The third kappa shape index (κ3) is 6.53. The van der Waals surface area contributed by atoms with Crippen LogP contribution in [0.15, 0.2) is 11.6 Å². The van der Waals surface area contributed by atoms with E-state index in [1.54, 1.807) is 0 Å². The molecule has 0 radical (unpaired) electrons. The molecule has 1 aliphatic heterocycles. The van der Waals surface area contributed by atoms with E-state index in [9.17, 15) is 0 Å². The summed E-state index contributed by atoms with van der Waals surface area (Å²) >= 11 is 0. The predicted molar refractivity (Wildman–Crippen MR) is 77.8 cm³/mol. The van der Waals surface area contributed by atoms with E-state index in [-0.39, 0.29) is 0 Å². The van der Waals surface area contributed by atoms with E-state index >= 15 is 0 Å². The first-order valence-electron chi connectivity index (χ1n) is 7.27. The molecule has 1 atom stereocenters. The van der Waals surface area contributed by atoms with Crippen LogP contribution in [0, 0.1) is 5.92 Å². The average molecular weight is 254 g/mol. The van der Waals surface area contributed by atoms with Gasteiger partial charge in [-0.3, -0.25) is 0 Å². The fraction of sp³-hybridized carbons (Fsp3) is 0.867. The Kier molecular flexibility index (Phi) is 7.56. The van der Waals surface area contributed by atoms with Crippen molar-refractivity contribution in [1.82, 2.24) is 9.80 Å². The maximum atomic E-state index is 9.00. The smallest absolute Gasteiger partial charge is 0.0558 e. The molecule has 1 fully saturated rings. The topological polar surface area (TPSA) is 26.7 Å². The Labute approximate surface area is 112 Å². The van der Waals surface area contributed by atoms with Gasteiger partial charge in [0.05, 0.1) is 6.61 Å². The lowest BCUT2D eigenvalue weighted by atomic mass is 9.97. The van der Waals surface area contributed by atoms with Crippen LogP contribution < -0.4 is 0 Å². The number of aliphatic hydroxyl groups excluding tert-OH is 1. The van der Waals surface area contributed by atoms with Crippen LogP contribution in [0.3, 0.4) is 0 Å². The highest BCUT2D eigenvalue weighted by Crippen LogP contribution is 2.17. The molecule has 0 aliphatic carbocycles. The summed E-state index contributed by atoms with van der Waals surface area (Å²) in [5.74, 6) is 0.780. The van der Waals surface area contributed by atoms with Crippen molar-refractivity contribution in [2.75, 3.05) is 46.4 Å². The van der Waals surface area contributed by atoms with E-state index in [0.29, 0.717) is 6.61 Å². The summed E-state index contributed by atoms with van der Waals surface area (Å²) in [6.45, 7) is 10.1. The van der Waals surface area contributed by atoms with Crippen molar-refractivity contribution in [3.05, 3.63) is 11.6 Å². The summed E-state index contributed by atoms with van der Waals surface area (Å²) in [6, 6.07) is 0. The van der Waals surface area contributed by atoms with Gasteiger partial charge in [-0.2, -0.15) is 0 Å². The first-order chi connectivity index (χ1) is 8.61. The minimum absolute atomic E-state index is 0.295. The summed E-state index contributed by atoms with van der Waals surface area (Å²) < 4.78 is 0. The molecular weight excluding hydrogens is 224 g/mol. The minimum Gasteiger partial charge on any atom is -0.395 e. The van der Waals surface area contributed by atoms with Crippen LogP contribution in [-0.4, -0.2) is 61.3 Å². The molecule has 0 bridgehead atoms. The SMILES string of the molecule is CC(C)=CCCN(C)CC1CCCN(CCO)C1. The van der Waals surface area contributed by atoms with Crippen LogP contribution in [-0.2, 0) is 0 Å². The van der Waals surface area contributed by atoms with Crippen LogP contribution in [0.1, 0.15) is 33.1 Å². The van der Waals surface area contributed by atoms with Gasteiger partial charge in [0.1, 0.15) is 0 Å². The minimum atomic E-state index is 0.295. The van der Waals surface area contributed by atoms with Gasteiger partial charge < -0.3 is 14.9 Å². The van der Waals surface area contributed by atoms with Gasteiger partial charge in [0.2, 0.25) is 0 Å². The van der Waals surface area contributed by atoms with E-state index in [2.05, 4.69) is 36.8 Å². The molecule has 0 aromatic carbocycles. The van der Waals surface area contributed by atoms with Gasteiger partial charge in [-0.05, 0) is 52.6 Å². The van der Waals surface area contributed by atoms with Crippen molar-refractivity contribution < 1.29 is 5.11 Å². The van der Waals surface area contributed by atoms with Crippen LogP contribution in [0.5, 0.6) is 0 Å². The van der Waals surface area contributed by atoms with Crippen molar-refractivity contribution in [3.8, 4) is 0 Å². The first kappa shape index (κ1) is 15.7. The number of nitrogens with zero attached hydrogens (tertiary/aromatic N) is 2. The molecule has 0 aromatic rings. The van der Waals surface area contributed by atoms with Gasteiger partial charge in [0, 0.05) is 26.2 Å². The van der Waals surface area contributed by atoms with Gasteiger partial charge in [-0.1, -0.05) is 11.6 Å². The first-order valence-corrected chi connectivity index (χ1v) is 7.27. The van der Waals surface area contributed by atoms with E-state index in [1.165, 1.54) is 31.5 Å². The molecule has 1 aliphatic rings. The Bertz CT molecular complexity index is 247. The van der Waals surface area contributed by atoms with Crippen LogP contribution in [0.25, 0.3) is 0 Å². The number of rotatable bonds is 7. The lowest BCUT2D eigenvalue weighted by Gasteiger charge is -2.34. The second-order valence-corrected chi connectivity index (χ2v) is 5.86. The maximum Gasteiger partial charge on any atom is 0.0558 e. The van der Waals surface area contributed by atoms with E-state index in [1.807, 2.05) is 0 Å². The Hall–Kier alpha value is -0.380. The second-order valence-electron chi connectivity index (χ2n) is 5.86. The number of hydrogen-bond donors (Lipinski definition) is 1. The van der Waals surface area contributed by atoms with E-state index < -0.39 is 0 Å². The third-order valence-electron chi connectivity index (χ3n) is 3.65. The van der Waals surface area contributed by atoms with Crippen molar-refractivity contribution in [3.63, 3.8) is 0 Å². The molecule has 106 valence electrons. The largest absolute Gasteiger partial charge is 0.395 e. The van der Waals surface area contributed by atoms with Crippen molar-refractivity contribution in [2.45, 2.75) is 33.1 Å². The summed E-state index contributed by atoms with van der Waals surface area (Å²) in [5, 5.41) is 9.00. The molecule has 3 heteroatoms. The Morgan fingerprint density at radius 1 is 1.44 bits per heavy atom. The molecule has 0 saturated carbocycles. The van der Waals surface area contributed by atoms with Gasteiger partial charge in [-0.25, -0.2) is 0 Å². The summed E-state index contributed by atoms with van der Waals surface area (Å²) in [6.07, 6.45) is 6.10. The Morgan fingerprint density at radius 3 is 2.89 bits per heavy atom. The zero-order valence-electron chi connectivity index (χ0n) is 12.4. The monoisotopic (exact) mass is 254 g/mol. The number of hydrogen-bond acceptors (Lipinski definition) is 3. The second kappa shape index (κ2) is 8.68. The molecule has 3 nitrogen and oxygen atoms in total. The quantitative estimate of drug-likeness (QED) is 0.704. The molecule has 1 N–H and O–H groups in total. The molecule has 0 aromatic heterocycles. The molecular formula is C15H30N2O. The number of piperidine rings is 1. The van der Waals surface area contributed by atoms with Crippen LogP contribution in [0.4, 0.5) is 0 Å². The molecule has 1 saturated heterocycles. The molecule has 1 heterocycles. The predicted octanol–water partition coefficient (Wildman–Crippen LogP) is 1.98. The number of allylic oxidation sites excluding steroid dienone is 1. The normalized spacial score (nSPS) is 21.3. The number of β-amino-alcohol motifs (C(OH)–C–C–N with tert-alkyl or cyclic N) is 1. The molecule has 18 heavy (non-hydrogen) atoms.